The highest BCUT2D eigenvalue weighted by Gasteiger charge is 2.28. The highest BCUT2D eigenvalue weighted by Crippen LogP contribution is 2.31. The molecule has 0 aliphatic heterocycles. The van der Waals surface area contributed by atoms with Gasteiger partial charge >= 0.3 is 0 Å². The molecule has 1 aliphatic carbocycles. The molecule has 1 aromatic rings. The van der Waals surface area contributed by atoms with Gasteiger partial charge in [0.2, 0.25) is 0 Å². The van der Waals surface area contributed by atoms with Crippen LogP contribution in [0.3, 0.4) is 0 Å². The van der Waals surface area contributed by atoms with Crippen molar-refractivity contribution in [2.24, 2.45) is 4.99 Å². The minimum atomic E-state index is 0.549. The molecule has 1 aromatic carbocycles. The Morgan fingerprint density at radius 1 is 1.26 bits per heavy atom. The minimum Gasteiger partial charge on any atom is -0.300 e. The van der Waals surface area contributed by atoms with Crippen LogP contribution in [0.15, 0.2) is 36.4 Å². The zero-order valence-electron chi connectivity index (χ0n) is 18.1. The molecule has 0 bridgehead atoms. The van der Waals surface area contributed by atoms with E-state index >= 15 is 0 Å². The molecule has 1 saturated carbocycles. The Hall–Kier alpha value is -1.67. The topological polar surface area (TPSA) is 15.6 Å². The Balaban J connectivity index is 2.24. The van der Waals surface area contributed by atoms with Crippen molar-refractivity contribution < 1.29 is 0 Å². The molecule has 2 nitrogen and oxygen atoms in total. The number of allylic oxidation sites excluding steroid dienone is 1. The van der Waals surface area contributed by atoms with Gasteiger partial charge in [-0.1, -0.05) is 38.1 Å². The minimum absolute atomic E-state index is 0.549. The molecule has 1 atom stereocenters. The second kappa shape index (κ2) is 10.0. The average Bonchev–Trinajstić information content (AvgIpc) is 3.47. The second-order valence-corrected chi connectivity index (χ2v) is 8.21. The summed E-state index contributed by atoms with van der Waals surface area (Å²) in [5.74, 6) is 0.549. The van der Waals surface area contributed by atoms with Gasteiger partial charge in [-0.2, -0.15) is 0 Å². The summed E-state index contributed by atoms with van der Waals surface area (Å²) in [5.41, 5.74) is 7.45. The number of aryl methyl sites for hydroxylation is 1. The van der Waals surface area contributed by atoms with Gasteiger partial charge in [0.15, 0.2) is 0 Å². The maximum Gasteiger partial charge on any atom is 0.0571 e. The lowest BCUT2D eigenvalue weighted by Gasteiger charge is -2.25. The van der Waals surface area contributed by atoms with E-state index in [9.17, 15) is 0 Å². The summed E-state index contributed by atoms with van der Waals surface area (Å²) >= 11 is 0. The van der Waals surface area contributed by atoms with Crippen LogP contribution >= 0.6 is 0 Å². The maximum atomic E-state index is 4.67. The molecule has 2 rings (SSSR count). The first-order valence-corrected chi connectivity index (χ1v) is 10.6. The normalized spacial score (nSPS) is 15.9. The van der Waals surface area contributed by atoms with Gasteiger partial charge in [-0.05, 0) is 88.2 Å². The van der Waals surface area contributed by atoms with Crippen molar-refractivity contribution in [3.05, 3.63) is 53.6 Å². The van der Waals surface area contributed by atoms with Gasteiger partial charge in [0.05, 0.1) is 6.54 Å². The molecular weight excluding hydrogens is 328 g/mol. The van der Waals surface area contributed by atoms with Crippen molar-refractivity contribution in [2.75, 3.05) is 19.6 Å². The summed E-state index contributed by atoms with van der Waals surface area (Å²) in [5, 5.41) is 0. The fraction of sp³-hybridized carbons (Fsp3) is 0.560. The fourth-order valence-electron chi connectivity index (χ4n) is 3.91. The Morgan fingerprint density at radius 3 is 2.52 bits per heavy atom. The molecular formula is C25H38N2. The predicted molar refractivity (Wildman–Crippen MR) is 121 cm³/mol. The summed E-state index contributed by atoms with van der Waals surface area (Å²) < 4.78 is 0. The van der Waals surface area contributed by atoms with E-state index in [4.69, 9.17) is 0 Å². The van der Waals surface area contributed by atoms with Crippen LogP contribution in [0, 0.1) is 6.92 Å². The van der Waals surface area contributed by atoms with E-state index in [1.165, 1.54) is 61.0 Å². The summed E-state index contributed by atoms with van der Waals surface area (Å²) in [7, 11) is 0. The molecule has 27 heavy (non-hydrogen) atoms. The first kappa shape index (κ1) is 21.6. The third-order valence-electron chi connectivity index (χ3n) is 5.67. The molecule has 0 spiro atoms. The molecule has 1 fully saturated rings. The Bertz CT molecular complexity index is 695. The lowest BCUT2D eigenvalue weighted by molar-refractivity contribution is 0.255. The molecule has 0 saturated heterocycles. The van der Waals surface area contributed by atoms with Crippen molar-refractivity contribution >= 4 is 11.3 Å². The standard InChI is InChI=1S/C25H38N2/c1-8-13-26-21(7)25-17-24(20(6)16-23(25)18(3)4)19(5)12-15-27(14-9-2)22-10-11-22/h8,16-17,19,22H,1,3,9-15H2,2,4-7H3/b26-21-. The van der Waals surface area contributed by atoms with Gasteiger partial charge in [-0.3, -0.25) is 4.99 Å². The van der Waals surface area contributed by atoms with E-state index in [0.717, 1.165) is 17.3 Å². The SMILES string of the molecule is C=CC/N=C(/C)c1cc(C(C)CCN(CCC)C2CC2)c(C)cc1C(=C)C. The molecule has 0 heterocycles. The zero-order valence-corrected chi connectivity index (χ0v) is 18.1. The third-order valence-corrected chi connectivity index (χ3v) is 5.67. The molecule has 1 unspecified atom stereocenters. The van der Waals surface area contributed by atoms with E-state index in [0.29, 0.717) is 12.5 Å². The number of hydrogen-bond acceptors (Lipinski definition) is 2. The van der Waals surface area contributed by atoms with Crippen LogP contribution in [0.2, 0.25) is 0 Å². The molecule has 148 valence electrons. The lowest BCUT2D eigenvalue weighted by Crippen LogP contribution is -2.28. The summed E-state index contributed by atoms with van der Waals surface area (Å²) in [6.45, 7) is 22.2. The quantitative estimate of drug-likeness (QED) is 0.327. The van der Waals surface area contributed by atoms with Crippen molar-refractivity contribution in [3.8, 4) is 0 Å². The van der Waals surface area contributed by atoms with Crippen LogP contribution in [0.25, 0.3) is 5.57 Å². The summed E-state index contributed by atoms with van der Waals surface area (Å²) in [4.78, 5) is 7.37. The van der Waals surface area contributed by atoms with E-state index < -0.39 is 0 Å². The monoisotopic (exact) mass is 366 g/mol. The lowest BCUT2D eigenvalue weighted by atomic mass is 9.87. The van der Waals surface area contributed by atoms with Crippen molar-refractivity contribution in [3.63, 3.8) is 0 Å². The van der Waals surface area contributed by atoms with Gasteiger partial charge in [0, 0.05) is 17.3 Å². The molecule has 0 amide bonds. The Kier molecular flexibility index (Phi) is 8.04. The Morgan fingerprint density at radius 2 is 1.96 bits per heavy atom. The fourth-order valence-corrected chi connectivity index (χ4v) is 3.91. The van der Waals surface area contributed by atoms with Gasteiger partial charge in [-0.25, -0.2) is 0 Å². The van der Waals surface area contributed by atoms with Gasteiger partial charge < -0.3 is 4.90 Å². The number of benzene rings is 1. The first-order chi connectivity index (χ1) is 12.9. The number of aliphatic imine (C=N–C) groups is 1. The smallest absolute Gasteiger partial charge is 0.0571 e. The highest BCUT2D eigenvalue weighted by atomic mass is 15.2. The number of nitrogens with zero attached hydrogens (tertiary/aromatic N) is 2. The van der Waals surface area contributed by atoms with E-state index in [-0.39, 0.29) is 0 Å². The molecule has 0 radical (unpaired) electrons. The van der Waals surface area contributed by atoms with E-state index in [2.05, 4.69) is 69.8 Å². The number of hydrogen-bond donors (Lipinski definition) is 0. The van der Waals surface area contributed by atoms with Crippen molar-refractivity contribution in [1.29, 1.82) is 0 Å². The second-order valence-electron chi connectivity index (χ2n) is 8.21. The summed E-state index contributed by atoms with van der Waals surface area (Å²) in [6, 6.07) is 5.53. The largest absolute Gasteiger partial charge is 0.300 e. The van der Waals surface area contributed by atoms with Crippen LogP contribution in [0.4, 0.5) is 0 Å². The van der Waals surface area contributed by atoms with Crippen LogP contribution < -0.4 is 0 Å². The molecule has 2 heteroatoms. The van der Waals surface area contributed by atoms with Crippen LogP contribution in [0.5, 0.6) is 0 Å². The first-order valence-electron chi connectivity index (χ1n) is 10.6. The Labute approximate surface area is 167 Å². The van der Waals surface area contributed by atoms with Gasteiger partial charge in [0.1, 0.15) is 0 Å². The predicted octanol–water partition coefficient (Wildman–Crippen LogP) is 6.39. The van der Waals surface area contributed by atoms with Crippen LogP contribution in [-0.4, -0.2) is 36.3 Å². The van der Waals surface area contributed by atoms with Gasteiger partial charge in [0.25, 0.3) is 0 Å². The van der Waals surface area contributed by atoms with Crippen molar-refractivity contribution in [2.45, 2.75) is 72.3 Å². The zero-order chi connectivity index (χ0) is 20.0. The average molecular weight is 367 g/mol. The maximum absolute atomic E-state index is 4.67. The van der Waals surface area contributed by atoms with E-state index in [1.54, 1.807) is 0 Å². The molecule has 0 N–H and O–H groups in total. The molecule has 0 aromatic heterocycles. The number of rotatable bonds is 11. The summed E-state index contributed by atoms with van der Waals surface area (Å²) in [6.07, 6.45) is 7.10. The molecule has 1 aliphatic rings. The van der Waals surface area contributed by atoms with Crippen molar-refractivity contribution in [1.82, 2.24) is 4.90 Å². The van der Waals surface area contributed by atoms with Gasteiger partial charge in [-0.15, -0.1) is 6.58 Å². The third kappa shape index (κ3) is 5.90. The van der Waals surface area contributed by atoms with E-state index in [1.807, 2.05) is 6.08 Å². The van der Waals surface area contributed by atoms with Crippen LogP contribution in [0.1, 0.15) is 81.5 Å². The highest BCUT2D eigenvalue weighted by molar-refractivity contribution is 6.03. The van der Waals surface area contributed by atoms with Crippen LogP contribution in [-0.2, 0) is 0 Å².